The quantitative estimate of drug-likeness (QED) is 0.505. The van der Waals surface area contributed by atoms with Crippen LogP contribution in [0.15, 0.2) is 53.7 Å². The lowest BCUT2D eigenvalue weighted by Crippen LogP contribution is -2.49. The zero-order valence-corrected chi connectivity index (χ0v) is 18.9. The van der Waals surface area contributed by atoms with E-state index in [2.05, 4.69) is 15.3 Å². The number of hydrogen-bond acceptors (Lipinski definition) is 8. The summed E-state index contributed by atoms with van der Waals surface area (Å²) in [5.74, 6) is 2.16. The van der Waals surface area contributed by atoms with Gasteiger partial charge in [0.25, 0.3) is 0 Å². The van der Waals surface area contributed by atoms with Crippen LogP contribution in [0.3, 0.4) is 0 Å². The Morgan fingerprint density at radius 1 is 0.938 bits per heavy atom. The van der Waals surface area contributed by atoms with E-state index in [0.29, 0.717) is 62.5 Å². The predicted molar refractivity (Wildman–Crippen MR) is 119 cm³/mol. The third-order valence-electron chi connectivity index (χ3n) is 5.08. The highest BCUT2D eigenvalue weighted by Gasteiger charge is 2.32. The van der Waals surface area contributed by atoms with Crippen LogP contribution in [0.4, 0.5) is 5.82 Å². The zero-order chi connectivity index (χ0) is 22.6. The van der Waals surface area contributed by atoms with Crippen LogP contribution in [0.25, 0.3) is 5.82 Å². The molecule has 4 rings (SSSR count). The Morgan fingerprint density at radius 3 is 2.28 bits per heavy atom. The number of sulfonamides is 1. The van der Waals surface area contributed by atoms with E-state index in [1.807, 2.05) is 36.9 Å². The van der Waals surface area contributed by atoms with Crippen LogP contribution in [-0.4, -0.2) is 72.1 Å². The van der Waals surface area contributed by atoms with Crippen molar-refractivity contribution < 1.29 is 17.9 Å². The molecule has 0 amide bonds. The largest absolute Gasteiger partial charge is 0.494 e. The topological polar surface area (TPSA) is 103 Å². The van der Waals surface area contributed by atoms with Crippen LogP contribution in [0.2, 0.25) is 0 Å². The lowest BCUT2D eigenvalue weighted by Gasteiger charge is -2.34. The average Bonchev–Trinajstić information content (AvgIpc) is 3.36. The Hall–Kier alpha value is -3.18. The summed E-state index contributed by atoms with van der Waals surface area (Å²) < 4.78 is 41.0. The van der Waals surface area contributed by atoms with Gasteiger partial charge in [0.15, 0.2) is 11.6 Å². The number of hydrogen-bond donors (Lipinski definition) is 0. The van der Waals surface area contributed by atoms with E-state index in [4.69, 9.17) is 9.47 Å². The van der Waals surface area contributed by atoms with Crippen molar-refractivity contribution in [3.8, 4) is 17.3 Å². The second kappa shape index (κ2) is 9.53. The highest BCUT2D eigenvalue weighted by Crippen LogP contribution is 2.31. The van der Waals surface area contributed by atoms with Gasteiger partial charge in [-0.3, -0.25) is 0 Å². The first-order chi connectivity index (χ1) is 15.5. The van der Waals surface area contributed by atoms with Gasteiger partial charge in [0.2, 0.25) is 10.0 Å². The van der Waals surface area contributed by atoms with Gasteiger partial charge in [-0.2, -0.15) is 9.40 Å². The molecule has 1 fully saturated rings. The van der Waals surface area contributed by atoms with Gasteiger partial charge in [-0.05, 0) is 44.2 Å². The Labute approximate surface area is 187 Å². The molecule has 1 aromatic carbocycles. The Morgan fingerprint density at radius 2 is 1.66 bits per heavy atom. The molecule has 0 aliphatic carbocycles. The van der Waals surface area contributed by atoms with Crippen molar-refractivity contribution in [3.05, 3.63) is 48.8 Å². The number of rotatable bonds is 8. The normalized spacial score (nSPS) is 15.0. The molecule has 3 heterocycles. The van der Waals surface area contributed by atoms with E-state index in [1.165, 1.54) is 10.4 Å². The van der Waals surface area contributed by atoms with Crippen molar-refractivity contribution in [2.24, 2.45) is 0 Å². The van der Waals surface area contributed by atoms with Gasteiger partial charge in [-0.25, -0.2) is 13.1 Å². The second-order valence-electron chi connectivity index (χ2n) is 7.07. The average molecular weight is 459 g/mol. The lowest BCUT2D eigenvalue weighted by molar-refractivity contribution is 0.319. The summed E-state index contributed by atoms with van der Waals surface area (Å²) in [6.07, 6.45) is 3.47. The Bertz CT molecular complexity index is 1130. The molecule has 1 aliphatic rings. The molecule has 11 heteroatoms. The van der Waals surface area contributed by atoms with Gasteiger partial charge in [-0.15, -0.1) is 10.2 Å². The van der Waals surface area contributed by atoms with Crippen LogP contribution in [0.5, 0.6) is 11.5 Å². The molecule has 1 saturated heterocycles. The molecule has 10 nitrogen and oxygen atoms in total. The second-order valence-corrected chi connectivity index (χ2v) is 8.97. The summed E-state index contributed by atoms with van der Waals surface area (Å²) >= 11 is 0. The molecule has 2 aromatic heterocycles. The summed E-state index contributed by atoms with van der Waals surface area (Å²) in [6, 6.07) is 10.4. The van der Waals surface area contributed by atoms with Crippen LogP contribution >= 0.6 is 0 Å². The first-order valence-corrected chi connectivity index (χ1v) is 12.0. The fourth-order valence-electron chi connectivity index (χ4n) is 3.53. The molecule has 0 radical (unpaired) electrons. The fourth-order valence-corrected chi connectivity index (χ4v) is 5.10. The number of nitrogens with zero attached hydrogens (tertiary/aromatic N) is 6. The van der Waals surface area contributed by atoms with E-state index < -0.39 is 10.0 Å². The summed E-state index contributed by atoms with van der Waals surface area (Å²) in [7, 11) is -3.74. The first-order valence-electron chi connectivity index (χ1n) is 10.5. The molecule has 0 saturated carbocycles. The Kier molecular flexibility index (Phi) is 6.56. The molecule has 3 aromatic rings. The number of benzene rings is 1. The fraction of sp³-hybridized carbons (Fsp3) is 0.381. The van der Waals surface area contributed by atoms with Gasteiger partial charge >= 0.3 is 0 Å². The van der Waals surface area contributed by atoms with Gasteiger partial charge < -0.3 is 14.4 Å². The number of anilines is 1. The number of ether oxygens (including phenoxy) is 2. The molecular formula is C21H26N6O4S. The molecule has 32 heavy (non-hydrogen) atoms. The van der Waals surface area contributed by atoms with Crippen molar-refractivity contribution >= 4 is 15.8 Å². The maximum Gasteiger partial charge on any atom is 0.247 e. The monoisotopic (exact) mass is 458 g/mol. The molecule has 1 aliphatic heterocycles. The van der Waals surface area contributed by atoms with Crippen molar-refractivity contribution in [2.45, 2.75) is 18.7 Å². The predicted octanol–water partition coefficient (Wildman–Crippen LogP) is 1.97. The summed E-state index contributed by atoms with van der Waals surface area (Å²) in [5, 5.41) is 12.6. The van der Waals surface area contributed by atoms with Gasteiger partial charge in [0, 0.05) is 44.6 Å². The van der Waals surface area contributed by atoms with Gasteiger partial charge in [-0.1, -0.05) is 0 Å². The SMILES string of the molecule is CCOc1ccc(OCC)c(S(=O)(=O)N2CCN(c3ccc(-n4cccn4)nn3)CC2)c1. The number of piperazine rings is 1. The smallest absolute Gasteiger partial charge is 0.247 e. The summed E-state index contributed by atoms with van der Waals surface area (Å²) in [5.41, 5.74) is 0. The number of aromatic nitrogens is 4. The minimum Gasteiger partial charge on any atom is -0.494 e. The standard InChI is InChI=1S/C21H26N6O4S/c1-3-30-17-6-7-18(31-4-2)19(16-17)32(28,29)26-14-12-25(13-15-26)20-8-9-21(24-23-20)27-11-5-10-22-27/h5-11,16H,3-4,12-15H2,1-2H3. The minimum atomic E-state index is -3.74. The highest BCUT2D eigenvalue weighted by atomic mass is 32.2. The molecule has 0 spiro atoms. The van der Waals surface area contributed by atoms with E-state index >= 15 is 0 Å². The Balaban J connectivity index is 1.48. The zero-order valence-electron chi connectivity index (χ0n) is 18.1. The van der Waals surface area contributed by atoms with E-state index in [9.17, 15) is 8.42 Å². The van der Waals surface area contributed by atoms with Crippen LogP contribution in [-0.2, 0) is 10.0 Å². The molecule has 170 valence electrons. The van der Waals surface area contributed by atoms with E-state index in [-0.39, 0.29) is 4.90 Å². The maximum absolute atomic E-state index is 13.4. The van der Waals surface area contributed by atoms with E-state index in [1.54, 1.807) is 29.2 Å². The third kappa shape index (κ3) is 4.53. The van der Waals surface area contributed by atoms with Crippen molar-refractivity contribution in [2.75, 3.05) is 44.3 Å². The maximum atomic E-state index is 13.4. The van der Waals surface area contributed by atoms with Crippen LogP contribution in [0, 0.1) is 0 Å². The van der Waals surface area contributed by atoms with Crippen LogP contribution < -0.4 is 14.4 Å². The first kappa shape index (κ1) is 22.0. The minimum absolute atomic E-state index is 0.127. The van der Waals surface area contributed by atoms with Crippen molar-refractivity contribution in [3.63, 3.8) is 0 Å². The van der Waals surface area contributed by atoms with Gasteiger partial charge in [0.1, 0.15) is 16.4 Å². The molecule has 0 bridgehead atoms. The van der Waals surface area contributed by atoms with Crippen molar-refractivity contribution in [1.82, 2.24) is 24.3 Å². The van der Waals surface area contributed by atoms with Gasteiger partial charge in [0.05, 0.1) is 13.2 Å². The summed E-state index contributed by atoms with van der Waals surface area (Å²) in [6.45, 7) is 6.17. The highest BCUT2D eigenvalue weighted by molar-refractivity contribution is 7.89. The van der Waals surface area contributed by atoms with Crippen molar-refractivity contribution in [1.29, 1.82) is 0 Å². The van der Waals surface area contributed by atoms with E-state index in [0.717, 1.165) is 0 Å². The summed E-state index contributed by atoms with van der Waals surface area (Å²) in [4.78, 5) is 2.15. The third-order valence-corrected chi connectivity index (χ3v) is 7.00. The van der Waals surface area contributed by atoms with Crippen LogP contribution in [0.1, 0.15) is 13.8 Å². The molecule has 0 unspecified atom stereocenters. The molecule has 0 atom stereocenters. The lowest BCUT2D eigenvalue weighted by atomic mass is 10.3. The molecular weight excluding hydrogens is 432 g/mol. The molecule has 0 N–H and O–H groups in total.